The molecule has 0 spiro atoms. The molecule has 0 unspecified atom stereocenters. The van der Waals surface area contributed by atoms with Crippen molar-refractivity contribution in [1.82, 2.24) is 4.90 Å². The van der Waals surface area contributed by atoms with Crippen molar-refractivity contribution < 1.29 is 9.84 Å². The molecule has 1 aromatic rings. The van der Waals surface area contributed by atoms with Gasteiger partial charge in [0.2, 0.25) is 0 Å². The quantitative estimate of drug-likeness (QED) is 0.925. The summed E-state index contributed by atoms with van der Waals surface area (Å²) < 4.78 is 6.06. The summed E-state index contributed by atoms with van der Waals surface area (Å²) in [7, 11) is 0. The molecule has 3 heteroatoms. The van der Waals surface area contributed by atoms with E-state index in [1.807, 2.05) is 6.07 Å². The maximum Gasteiger partial charge on any atom is 0.0720 e. The standard InChI is InChI=1S/C18H27NO2/c20-17-8-6-16(7-9-17)19-12-10-18(11-13-19)21-14-15-4-2-1-3-5-15/h1-5,16-18,20H,6-14H2. The minimum atomic E-state index is -0.0482. The molecule has 1 aromatic carbocycles. The van der Waals surface area contributed by atoms with Crippen LogP contribution in [0.15, 0.2) is 30.3 Å². The molecule has 0 bridgehead atoms. The summed E-state index contributed by atoms with van der Waals surface area (Å²) in [4.78, 5) is 2.62. The molecule has 0 amide bonds. The molecule has 1 aliphatic carbocycles. The molecule has 1 aliphatic heterocycles. The van der Waals surface area contributed by atoms with E-state index >= 15 is 0 Å². The Labute approximate surface area is 127 Å². The zero-order valence-electron chi connectivity index (χ0n) is 12.8. The Balaban J connectivity index is 1.39. The van der Waals surface area contributed by atoms with E-state index in [2.05, 4.69) is 29.2 Å². The van der Waals surface area contributed by atoms with Gasteiger partial charge in [0.15, 0.2) is 0 Å². The Morgan fingerprint density at radius 1 is 0.952 bits per heavy atom. The first kappa shape index (κ1) is 15.0. The Morgan fingerprint density at radius 2 is 1.62 bits per heavy atom. The normalized spacial score (nSPS) is 28.6. The molecular formula is C18H27NO2. The molecule has 1 saturated carbocycles. The van der Waals surface area contributed by atoms with Crippen LogP contribution in [-0.2, 0) is 11.3 Å². The predicted octanol–water partition coefficient (Wildman–Crippen LogP) is 2.97. The van der Waals surface area contributed by atoms with Crippen LogP contribution in [0.4, 0.5) is 0 Å². The van der Waals surface area contributed by atoms with E-state index in [-0.39, 0.29) is 6.10 Å². The van der Waals surface area contributed by atoms with Crippen LogP contribution in [0.5, 0.6) is 0 Å². The number of likely N-dealkylation sites (tertiary alicyclic amines) is 1. The third kappa shape index (κ3) is 4.29. The third-order valence-corrected chi connectivity index (χ3v) is 4.99. The van der Waals surface area contributed by atoms with Crippen LogP contribution in [-0.4, -0.2) is 41.3 Å². The van der Waals surface area contributed by atoms with Gasteiger partial charge < -0.3 is 14.7 Å². The molecule has 2 fully saturated rings. The molecule has 3 nitrogen and oxygen atoms in total. The van der Waals surface area contributed by atoms with Crippen molar-refractivity contribution >= 4 is 0 Å². The maximum atomic E-state index is 9.61. The number of aliphatic hydroxyl groups excluding tert-OH is 1. The number of aliphatic hydroxyl groups is 1. The summed E-state index contributed by atoms with van der Waals surface area (Å²) in [5, 5.41) is 9.61. The molecule has 1 heterocycles. The molecule has 1 N–H and O–H groups in total. The Kier molecular flexibility index (Phi) is 5.28. The van der Waals surface area contributed by atoms with Crippen molar-refractivity contribution in [3.8, 4) is 0 Å². The predicted molar refractivity (Wildman–Crippen MR) is 84.1 cm³/mol. The summed E-state index contributed by atoms with van der Waals surface area (Å²) >= 11 is 0. The van der Waals surface area contributed by atoms with Gasteiger partial charge in [0.25, 0.3) is 0 Å². The summed E-state index contributed by atoms with van der Waals surface area (Å²) in [6, 6.07) is 11.1. The highest BCUT2D eigenvalue weighted by atomic mass is 16.5. The largest absolute Gasteiger partial charge is 0.393 e. The van der Waals surface area contributed by atoms with Crippen LogP contribution in [0.3, 0.4) is 0 Å². The van der Waals surface area contributed by atoms with Crippen LogP contribution in [0, 0.1) is 0 Å². The molecule has 0 atom stereocenters. The highest BCUT2D eigenvalue weighted by molar-refractivity contribution is 5.13. The van der Waals surface area contributed by atoms with Gasteiger partial charge in [0, 0.05) is 19.1 Å². The highest BCUT2D eigenvalue weighted by Gasteiger charge is 2.28. The molecular weight excluding hydrogens is 262 g/mol. The Bertz CT molecular complexity index is 406. The number of nitrogens with zero attached hydrogens (tertiary/aromatic N) is 1. The number of benzene rings is 1. The molecule has 0 radical (unpaired) electrons. The number of hydrogen-bond acceptors (Lipinski definition) is 3. The Morgan fingerprint density at radius 3 is 2.29 bits per heavy atom. The van der Waals surface area contributed by atoms with E-state index in [4.69, 9.17) is 4.74 Å². The zero-order chi connectivity index (χ0) is 14.5. The van der Waals surface area contributed by atoms with Crippen molar-refractivity contribution in [3.05, 3.63) is 35.9 Å². The van der Waals surface area contributed by atoms with E-state index < -0.39 is 0 Å². The fourth-order valence-corrected chi connectivity index (χ4v) is 3.62. The topological polar surface area (TPSA) is 32.7 Å². The van der Waals surface area contributed by atoms with E-state index in [0.717, 1.165) is 58.2 Å². The number of rotatable bonds is 4. The zero-order valence-corrected chi connectivity index (χ0v) is 12.8. The summed E-state index contributed by atoms with van der Waals surface area (Å²) in [6.45, 7) is 3.04. The summed E-state index contributed by atoms with van der Waals surface area (Å²) in [6.07, 6.45) is 6.94. The summed E-state index contributed by atoms with van der Waals surface area (Å²) in [5.74, 6) is 0. The fraction of sp³-hybridized carbons (Fsp3) is 0.667. The average molecular weight is 289 g/mol. The number of piperidine rings is 1. The SMILES string of the molecule is OC1CCC(N2CCC(OCc3ccccc3)CC2)CC1. The minimum absolute atomic E-state index is 0.0482. The molecule has 2 aliphatic rings. The fourth-order valence-electron chi connectivity index (χ4n) is 3.62. The van der Waals surface area contributed by atoms with Gasteiger partial charge >= 0.3 is 0 Å². The average Bonchev–Trinajstić information content (AvgIpc) is 2.55. The van der Waals surface area contributed by atoms with Crippen LogP contribution in [0.1, 0.15) is 44.1 Å². The highest BCUT2D eigenvalue weighted by Crippen LogP contribution is 2.26. The molecule has 0 aromatic heterocycles. The van der Waals surface area contributed by atoms with Gasteiger partial charge in [-0.3, -0.25) is 0 Å². The van der Waals surface area contributed by atoms with E-state index in [1.54, 1.807) is 0 Å². The van der Waals surface area contributed by atoms with Crippen LogP contribution in [0.2, 0.25) is 0 Å². The van der Waals surface area contributed by atoms with Gasteiger partial charge in [-0.2, -0.15) is 0 Å². The lowest BCUT2D eigenvalue weighted by Gasteiger charge is -2.40. The number of hydrogen-bond donors (Lipinski definition) is 1. The maximum absolute atomic E-state index is 9.61. The second kappa shape index (κ2) is 7.39. The first-order chi connectivity index (χ1) is 10.3. The van der Waals surface area contributed by atoms with Crippen LogP contribution in [0.25, 0.3) is 0 Å². The lowest BCUT2D eigenvalue weighted by molar-refractivity contribution is -0.0197. The van der Waals surface area contributed by atoms with E-state index in [0.29, 0.717) is 12.1 Å². The molecule has 3 rings (SSSR count). The van der Waals surface area contributed by atoms with E-state index in [9.17, 15) is 5.11 Å². The van der Waals surface area contributed by atoms with Gasteiger partial charge in [0.1, 0.15) is 0 Å². The van der Waals surface area contributed by atoms with Gasteiger partial charge in [-0.1, -0.05) is 30.3 Å². The van der Waals surface area contributed by atoms with E-state index in [1.165, 1.54) is 5.56 Å². The number of ether oxygens (including phenoxy) is 1. The van der Waals surface area contributed by atoms with Crippen molar-refractivity contribution in [3.63, 3.8) is 0 Å². The smallest absolute Gasteiger partial charge is 0.0720 e. The monoisotopic (exact) mass is 289 g/mol. The second-order valence-corrected chi connectivity index (χ2v) is 6.49. The summed E-state index contributed by atoms with van der Waals surface area (Å²) in [5.41, 5.74) is 1.26. The van der Waals surface area contributed by atoms with Crippen LogP contribution >= 0.6 is 0 Å². The van der Waals surface area contributed by atoms with Crippen molar-refractivity contribution in [1.29, 1.82) is 0 Å². The Hall–Kier alpha value is -0.900. The molecule has 1 saturated heterocycles. The first-order valence-electron chi connectivity index (χ1n) is 8.39. The van der Waals surface area contributed by atoms with Crippen LogP contribution < -0.4 is 0 Å². The first-order valence-corrected chi connectivity index (χ1v) is 8.39. The second-order valence-electron chi connectivity index (χ2n) is 6.49. The lowest BCUT2D eigenvalue weighted by atomic mass is 9.90. The van der Waals surface area contributed by atoms with Gasteiger partial charge in [0.05, 0.1) is 18.8 Å². The molecule has 21 heavy (non-hydrogen) atoms. The third-order valence-electron chi connectivity index (χ3n) is 4.99. The molecule has 116 valence electrons. The minimum Gasteiger partial charge on any atom is -0.393 e. The van der Waals surface area contributed by atoms with Crippen molar-refractivity contribution in [2.75, 3.05) is 13.1 Å². The van der Waals surface area contributed by atoms with Crippen molar-refractivity contribution in [2.45, 2.75) is 63.4 Å². The van der Waals surface area contributed by atoms with Crippen molar-refractivity contribution in [2.24, 2.45) is 0 Å². The van der Waals surface area contributed by atoms with Gasteiger partial charge in [-0.05, 0) is 44.1 Å². The van der Waals surface area contributed by atoms with Gasteiger partial charge in [-0.15, -0.1) is 0 Å². The van der Waals surface area contributed by atoms with Gasteiger partial charge in [-0.25, -0.2) is 0 Å². The lowest BCUT2D eigenvalue weighted by Crippen LogP contribution is -2.45.